The van der Waals surface area contributed by atoms with Gasteiger partial charge in [-0.1, -0.05) is 26.0 Å². The summed E-state index contributed by atoms with van der Waals surface area (Å²) in [4.78, 5) is 22.3. The second-order valence-corrected chi connectivity index (χ2v) is 6.93. The molecule has 4 rings (SSSR count). The second-order valence-electron chi connectivity index (χ2n) is 6.93. The molecule has 5 nitrogen and oxygen atoms in total. The molecule has 2 aromatic heterocycles. The number of piperidine rings is 1. The third-order valence-corrected chi connectivity index (χ3v) is 4.60. The Kier molecular flexibility index (Phi) is 3.45. The number of fused-ring (bicyclic) bond motifs is 3. The lowest BCUT2D eigenvalue weighted by atomic mass is 9.92. The van der Waals surface area contributed by atoms with Crippen molar-refractivity contribution >= 4 is 22.1 Å². The summed E-state index contributed by atoms with van der Waals surface area (Å²) in [5, 5.41) is 0.898. The van der Waals surface area contributed by atoms with Gasteiger partial charge < -0.3 is 9.40 Å². The first kappa shape index (κ1) is 14.5. The third kappa shape index (κ3) is 2.65. The highest BCUT2D eigenvalue weighted by atomic mass is 16.3. The number of aromatic amines is 1. The Morgan fingerprint density at radius 2 is 2.00 bits per heavy atom. The van der Waals surface area contributed by atoms with Crippen LogP contribution in [0, 0.1) is 11.8 Å². The lowest BCUT2D eigenvalue weighted by Crippen LogP contribution is -2.38. The van der Waals surface area contributed by atoms with E-state index in [4.69, 9.17) is 4.42 Å². The Morgan fingerprint density at radius 3 is 2.78 bits per heavy atom. The molecular formula is C18H21N3O2. The number of nitrogens with one attached hydrogen (secondary N) is 1. The zero-order chi connectivity index (χ0) is 16.0. The number of likely N-dealkylation sites (tertiary alicyclic amines) is 1. The highest BCUT2D eigenvalue weighted by molar-refractivity contribution is 6.01. The lowest BCUT2D eigenvalue weighted by molar-refractivity contribution is 0.131. The van der Waals surface area contributed by atoms with Crippen molar-refractivity contribution < 1.29 is 4.42 Å². The van der Waals surface area contributed by atoms with E-state index in [-0.39, 0.29) is 5.56 Å². The summed E-state index contributed by atoms with van der Waals surface area (Å²) >= 11 is 0. The number of hydrogen-bond donors (Lipinski definition) is 1. The zero-order valence-electron chi connectivity index (χ0n) is 13.5. The lowest BCUT2D eigenvalue weighted by Gasteiger charge is -2.34. The van der Waals surface area contributed by atoms with Crippen molar-refractivity contribution in [3.63, 3.8) is 0 Å². The summed E-state index contributed by atoms with van der Waals surface area (Å²) in [6.45, 7) is 7.35. The van der Waals surface area contributed by atoms with Crippen LogP contribution in [0.5, 0.6) is 0 Å². The van der Waals surface area contributed by atoms with Gasteiger partial charge in [-0.2, -0.15) is 0 Å². The maximum absolute atomic E-state index is 12.3. The van der Waals surface area contributed by atoms with Crippen molar-refractivity contribution in [2.45, 2.75) is 26.8 Å². The Morgan fingerprint density at radius 1 is 1.26 bits per heavy atom. The van der Waals surface area contributed by atoms with Crippen molar-refractivity contribution in [3.8, 4) is 0 Å². The van der Waals surface area contributed by atoms with E-state index in [1.807, 2.05) is 24.3 Å². The summed E-state index contributed by atoms with van der Waals surface area (Å²) in [6, 6.07) is 7.65. The van der Waals surface area contributed by atoms with Crippen molar-refractivity contribution in [1.29, 1.82) is 0 Å². The van der Waals surface area contributed by atoms with Crippen LogP contribution in [0.3, 0.4) is 0 Å². The van der Waals surface area contributed by atoms with Gasteiger partial charge in [-0.15, -0.1) is 0 Å². The minimum atomic E-state index is -0.195. The molecule has 0 saturated carbocycles. The van der Waals surface area contributed by atoms with Gasteiger partial charge in [-0.25, -0.2) is 4.98 Å². The van der Waals surface area contributed by atoms with Gasteiger partial charge >= 0.3 is 0 Å². The Balaban J connectivity index is 1.73. The molecule has 120 valence electrons. The van der Waals surface area contributed by atoms with Gasteiger partial charge in [-0.3, -0.25) is 9.69 Å². The molecule has 1 fully saturated rings. The predicted molar refractivity (Wildman–Crippen MR) is 90.4 cm³/mol. The monoisotopic (exact) mass is 311 g/mol. The predicted octanol–water partition coefficient (Wildman–Crippen LogP) is 3.15. The molecule has 3 heterocycles. The summed E-state index contributed by atoms with van der Waals surface area (Å²) in [6.07, 6.45) is 1.27. The van der Waals surface area contributed by atoms with Crippen LogP contribution < -0.4 is 5.56 Å². The van der Waals surface area contributed by atoms with E-state index in [1.165, 1.54) is 6.42 Å². The fourth-order valence-corrected chi connectivity index (χ4v) is 3.86. The smallest absolute Gasteiger partial charge is 0.294 e. The second kappa shape index (κ2) is 5.49. The first-order valence-electron chi connectivity index (χ1n) is 8.23. The number of rotatable bonds is 2. The van der Waals surface area contributed by atoms with E-state index in [2.05, 4.69) is 28.7 Å². The SMILES string of the molecule is C[C@@H]1C[C@H](C)CN(Cc2nc3c(oc4ccccc43)c(=O)[nH]2)C1. The average molecular weight is 311 g/mol. The van der Waals surface area contributed by atoms with Crippen LogP contribution in [0.1, 0.15) is 26.1 Å². The van der Waals surface area contributed by atoms with Crippen LogP contribution in [-0.4, -0.2) is 28.0 Å². The van der Waals surface area contributed by atoms with E-state index in [9.17, 15) is 4.79 Å². The van der Waals surface area contributed by atoms with Crippen molar-refractivity contribution in [2.75, 3.05) is 13.1 Å². The molecule has 1 N–H and O–H groups in total. The first-order chi connectivity index (χ1) is 11.1. The minimum Gasteiger partial charge on any atom is -0.449 e. The van der Waals surface area contributed by atoms with E-state index in [0.717, 1.165) is 24.3 Å². The van der Waals surface area contributed by atoms with Crippen LogP contribution in [0.15, 0.2) is 33.5 Å². The molecule has 3 aromatic rings. The first-order valence-corrected chi connectivity index (χ1v) is 8.23. The van der Waals surface area contributed by atoms with E-state index < -0.39 is 0 Å². The van der Waals surface area contributed by atoms with Crippen LogP contribution in [0.25, 0.3) is 22.1 Å². The average Bonchev–Trinajstić information content (AvgIpc) is 2.86. The van der Waals surface area contributed by atoms with Crippen LogP contribution >= 0.6 is 0 Å². The molecule has 1 aliphatic rings. The molecule has 1 saturated heterocycles. The number of aromatic nitrogens is 2. The van der Waals surface area contributed by atoms with Crippen LogP contribution in [0.2, 0.25) is 0 Å². The highest BCUT2D eigenvalue weighted by Crippen LogP contribution is 2.25. The number of H-pyrrole nitrogens is 1. The van der Waals surface area contributed by atoms with Gasteiger partial charge in [0.2, 0.25) is 5.58 Å². The highest BCUT2D eigenvalue weighted by Gasteiger charge is 2.23. The summed E-state index contributed by atoms with van der Waals surface area (Å²) in [7, 11) is 0. The summed E-state index contributed by atoms with van der Waals surface area (Å²) in [5.74, 6) is 2.09. The molecule has 1 aromatic carbocycles. The molecule has 5 heteroatoms. The molecule has 23 heavy (non-hydrogen) atoms. The number of hydrogen-bond acceptors (Lipinski definition) is 4. The number of nitrogens with zero attached hydrogens (tertiary/aromatic N) is 2. The molecule has 0 unspecified atom stereocenters. The standard InChI is InChI=1S/C18H21N3O2/c1-11-7-12(2)9-21(8-11)10-15-19-16-13-5-3-4-6-14(13)23-17(16)18(22)20-15/h3-6,11-12H,7-10H2,1-2H3,(H,19,20,22)/t11-,12+. The van der Waals surface area contributed by atoms with Gasteiger partial charge in [0, 0.05) is 18.5 Å². The zero-order valence-corrected chi connectivity index (χ0v) is 13.5. The minimum absolute atomic E-state index is 0.195. The molecule has 2 atom stereocenters. The van der Waals surface area contributed by atoms with Crippen LogP contribution in [0.4, 0.5) is 0 Å². The topological polar surface area (TPSA) is 62.1 Å². The van der Waals surface area contributed by atoms with E-state index in [1.54, 1.807) is 0 Å². The quantitative estimate of drug-likeness (QED) is 0.790. The third-order valence-electron chi connectivity index (χ3n) is 4.60. The van der Waals surface area contributed by atoms with Gasteiger partial charge in [0.1, 0.15) is 16.9 Å². The molecule has 1 aliphatic heterocycles. The van der Waals surface area contributed by atoms with Crippen LogP contribution in [-0.2, 0) is 6.54 Å². The van der Waals surface area contributed by atoms with Crippen molar-refractivity contribution in [1.82, 2.24) is 14.9 Å². The largest absolute Gasteiger partial charge is 0.449 e. The number of para-hydroxylation sites is 1. The fraction of sp³-hybridized carbons (Fsp3) is 0.444. The molecule has 0 aliphatic carbocycles. The fourth-order valence-electron chi connectivity index (χ4n) is 3.86. The van der Waals surface area contributed by atoms with Crippen molar-refractivity contribution in [3.05, 3.63) is 40.4 Å². The van der Waals surface area contributed by atoms with Gasteiger partial charge in [0.15, 0.2) is 0 Å². The van der Waals surface area contributed by atoms with Crippen molar-refractivity contribution in [2.24, 2.45) is 11.8 Å². The summed E-state index contributed by atoms with van der Waals surface area (Å²) < 4.78 is 5.64. The Labute approximate surface area is 134 Å². The molecule has 0 spiro atoms. The van der Waals surface area contributed by atoms with E-state index in [0.29, 0.717) is 35.1 Å². The maximum Gasteiger partial charge on any atom is 0.294 e. The summed E-state index contributed by atoms with van der Waals surface area (Å²) in [5.41, 5.74) is 1.49. The van der Waals surface area contributed by atoms with E-state index >= 15 is 0 Å². The van der Waals surface area contributed by atoms with Gasteiger partial charge in [0.05, 0.1) is 6.54 Å². The number of furan rings is 1. The molecular weight excluding hydrogens is 290 g/mol. The maximum atomic E-state index is 12.3. The molecule has 0 radical (unpaired) electrons. The Hall–Kier alpha value is -2.14. The Bertz CT molecular complexity index is 901. The van der Waals surface area contributed by atoms with Gasteiger partial charge in [0.25, 0.3) is 5.56 Å². The number of benzene rings is 1. The molecule has 0 bridgehead atoms. The normalized spacial score (nSPS) is 22.9. The molecule has 0 amide bonds. The van der Waals surface area contributed by atoms with Gasteiger partial charge in [-0.05, 0) is 30.4 Å².